The first kappa shape index (κ1) is 13.4. The second kappa shape index (κ2) is 5.33. The van der Waals surface area contributed by atoms with Crippen molar-refractivity contribution in [2.24, 2.45) is 0 Å². The summed E-state index contributed by atoms with van der Waals surface area (Å²) in [6, 6.07) is 4.11. The van der Waals surface area contributed by atoms with Crippen molar-refractivity contribution in [3.8, 4) is 0 Å². The molecule has 1 aromatic carbocycles. The molecule has 0 N–H and O–H groups in total. The van der Waals surface area contributed by atoms with Gasteiger partial charge in [0.1, 0.15) is 0 Å². The van der Waals surface area contributed by atoms with Crippen LogP contribution in [0.15, 0.2) is 18.2 Å². The van der Waals surface area contributed by atoms with E-state index < -0.39 is 11.6 Å². The Morgan fingerprint density at radius 3 is 2.44 bits per heavy atom. The average molecular weight is 255 g/mol. The highest BCUT2D eigenvalue weighted by Crippen LogP contribution is 2.25. The molecule has 0 spiro atoms. The molecule has 0 unspecified atom stereocenters. The van der Waals surface area contributed by atoms with Crippen LogP contribution in [0.2, 0.25) is 0 Å². The van der Waals surface area contributed by atoms with Crippen LogP contribution in [-0.2, 0) is 11.3 Å². The zero-order chi connectivity index (χ0) is 13.2. The standard InChI is InChI=1S/C14H19F2NO/c1-14(18-2)5-7-17(8-6-14)10-11-3-4-12(15)13(16)9-11/h3-4,9H,5-8,10H2,1-2H3. The van der Waals surface area contributed by atoms with Crippen molar-refractivity contribution in [3.05, 3.63) is 35.4 Å². The highest BCUT2D eigenvalue weighted by Gasteiger charge is 2.29. The lowest BCUT2D eigenvalue weighted by molar-refractivity contribution is -0.0440. The van der Waals surface area contributed by atoms with Crippen LogP contribution in [0.1, 0.15) is 25.3 Å². The minimum absolute atomic E-state index is 0.0372. The third-order valence-corrected chi connectivity index (χ3v) is 3.80. The summed E-state index contributed by atoms with van der Waals surface area (Å²) in [6.07, 6.45) is 1.93. The first-order valence-electron chi connectivity index (χ1n) is 6.24. The van der Waals surface area contributed by atoms with Gasteiger partial charge in [-0.1, -0.05) is 6.07 Å². The molecule has 1 heterocycles. The number of benzene rings is 1. The Balaban J connectivity index is 1.93. The van der Waals surface area contributed by atoms with E-state index in [-0.39, 0.29) is 5.60 Å². The average Bonchev–Trinajstić information content (AvgIpc) is 2.37. The van der Waals surface area contributed by atoms with E-state index in [1.165, 1.54) is 12.1 Å². The van der Waals surface area contributed by atoms with Crippen molar-refractivity contribution in [2.45, 2.75) is 31.9 Å². The number of likely N-dealkylation sites (tertiary alicyclic amines) is 1. The van der Waals surface area contributed by atoms with Crippen molar-refractivity contribution in [3.63, 3.8) is 0 Å². The highest BCUT2D eigenvalue weighted by atomic mass is 19.2. The summed E-state index contributed by atoms with van der Waals surface area (Å²) in [7, 11) is 1.74. The molecule has 1 aliphatic rings. The highest BCUT2D eigenvalue weighted by molar-refractivity contribution is 5.17. The molecule has 2 nitrogen and oxygen atoms in total. The van der Waals surface area contributed by atoms with E-state index in [1.807, 2.05) is 0 Å². The Bertz CT molecular complexity index is 414. The molecule has 0 saturated carbocycles. The van der Waals surface area contributed by atoms with Crippen LogP contribution in [-0.4, -0.2) is 30.7 Å². The van der Waals surface area contributed by atoms with Crippen molar-refractivity contribution in [1.82, 2.24) is 4.90 Å². The van der Waals surface area contributed by atoms with Gasteiger partial charge in [-0.3, -0.25) is 4.90 Å². The Morgan fingerprint density at radius 2 is 1.89 bits per heavy atom. The SMILES string of the molecule is COC1(C)CCN(Cc2ccc(F)c(F)c2)CC1. The number of ether oxygens (including phenoxy) is 1. The molecule has 18 heavy (non-hydrogen) atoms. The van der Waals surface area contributed by atoms with Crippen LogP contribution in [0.5, 0.6) is 0 Å². The summed E-state index contributed by atoms with van der Waals surface area (Å²) in [6.45, 7) is 4.62. The lowest BCUT2D eigenvalue weighted by atomic mass is 9.93. The molecular weight excluding hydrogens is 236 g/mol. The largest absolute Gasteiger partial charge is 0.378 e. The lowest BCUT2D eigenvalue weighted by Crippen LogP contribution is -2.43. The number of rotatable bonds is 3. The molecule has 0 aliphatic carbocycles. The van der Waals surface area contributed by atoms with Gasteiger partial charge < -0.3 is 4.74 Å². The zero-order valence-corrected chi connectivity index (χ0v) is 10.9. The zero-order valence-electron chi connectivity index (χ0n) is 10.9. The van der Waals surface area contributed by atoms with E-state index >= 15 is 0 Å². The monoisotopic (exact) mass is 255 g/mol. The van der Waals surface area contributed by atoms with Crippen molar-refractivity contribution < 1.29 is 13.5 Å². The molecule has 0 atom stereocenters. The van der Waals surface area contributed by atoms with E-state index in [1.54, 1.807) is 13.2 Å². The summed E-state index contributed by atoms with van der Waals surface area (Å²) < 4.78 is 31.4. The third kappa shape index (κ3) is 3.06. The summed E-state index contributed by atoms with van der Waals surface area (Å²) in [4.78, 5) is 2.24. The Kier molecular flexibility index (Phi) is 3.97. The van der Waals surface area contributed by atoms with Crippen LogP contribution in [0.25, 0.3) is 0 Å². The van der Waals surface area contributed by atoms with E-state index in [0.29, 0.717) is 6.54 Å². The number of hydrogen-bond acceptors (Lipinski definition) is 2. The molecule has 1 aliphatic heterocycles. The van der Waals surface area contributed by atoms with Gasteiger partial charge >= 0.3 is 0 Å². The molecule has 1 fully saturated rings. The second-order valence-corrected chi connectivity index (χ2v) is 5.18. The van der Waals surface area contributed by atoms with E-state index in [2.05, 4.69) is 11.8 Å². The van der Waals surface area contributed by atoms with Gasteiger partial charge in [0.2, 0.25) is 0 Å². The first-order chi connectivity index (χ1) is 8.52. The van der Waals surface area contributed by atoms with E-state index in [0.717, 1.165) is 31.5 Å². The molecule has 2 rings (SSSR count). The van der Waals surface area contributed by atoms with Gasteiger partial charge in [-0.15, -0.1) is 0 Å². The predicted molar refractivity (Wildman–Crippen MR) is 66.3 cm³/mol. The number of methoxy groups -OCH3 is 1. The normalized spacial score (nSPS) is 20.0. The summed E-state index contributed by atoms with van der Waals surface area (Å²) in [5.41, 5.74) is 0.778. The van der Waals surface area contributed by atoms with Gasteiger partial charge in [0.25, 0.3) is 0 Å². The fourth-order valence-electron chi connectivity index (χ4n) is 2.28. The molecule has 0 aromatic heterocycles. The molecule has 4 heteroatoms. The van der Waals surface area contributed by atoms with E-state index in [4.69, 9.17) is 4.74 Å². The Morgan fingerprint density at radius 1 is 1.22 bits per heavy atom. The van der Waals surface area contributed by atoms with Crippen LogP contribution >= 0.6 is 0 Å². The van der Waals surface area contributed by atoms with Gasteiger partial charge in [-0.2, -0.15) is 0 Å². The van der Waals surface area contributed by atoms with Crippen molar-refractivity contribution in [1.29, 1.82) is 0 Å². The van der Waals surface area contributed by atoms with Gasteiger partial charge in [0.05, 0.1) is 5.60 Å². The topological polar surface area (TPSA) is 12.5 Å². The minimum atomic E-state index is -0.788. The molecule has 1 aromatic rings. The fraction of sp³-hybridized carbons (Fsp3) is 0.571. The van der Waals surface area contributed by atoms with E-state index in [9.17, 15) is 8.78 Å². The molecule has 0 amide bonds. The third-order valence-electron chi connectivity index (χ3n) is 3.80. The van der Waals surface area contributed by atoms with Gasteiger partial charge in [0, 0.05) is 26.7 Å². The maximum atomic E-state index is 13.1. The lowest BCUT2D eigenvalue weighted by Gasteiger charge is -2.38. The molecule has 0 radical (unpaired) electrons. The fourth-order valence-corrected chi connectivity index (χ4v) is 2.28. The number of piperidine rings is 1. The van der Waals surface area contributed by atoms with Gasteiger partial charge in [-0.25, -0.2) is 8.78 Å². The molecule has 0 bridgehead atoms. The Hall–Kier alpha value is -1.00. The van der Waals surface area contributed by atoms with Crippen LogP contribution in [0.3, 0.4) is 0 Å². The van der Waals surface area contributed by atoms with Crippen LogP contribution in [0, 0.1) is 11.6 Å². The maximum Gasteiger partial charge on any atom is 0.159 e. The number of halogens is 2. The first-order valence-corrected chi connectivity index (χ1v) is 6.24. The molecule has 100 valence electrons. The van der Waals surface area contributed by atoms with Crippen molar-refractivity contribution >= 4 is 0 Å². The number of hydrogen-bond donors (Lipinski definition) is 0. The quantitative estimate of drug-likeness (QED) is 0.823. The van der Waals surface area contributed by atoms with Crippen molar-refractivity contribution in [2.75, 3.05) is 20.2 Å². The molecule has 1 saturated heterocycles. The predicted octanol–water partition coefficient (Wildman–Crippen LogP) is 2.97. The maximum absolute atomic E-state index is 13.1. The summed E-state index contributed by atoms with van der Waals surface area (Å²) in [5.74, 6) is -1.56. The molecular formula is C14H19F2NO. The Labute approximate surface area is 107 Å². The smallest absolute Gasteiger partial charge is 0.159 e. The second-order valence-electron chi connectivity index (χ2n) is 5.18. The summed E-state index contributed by atoms with van der Waals surface area (Å²) >= 11 is 0. The minimum Gasteiger partial charge on any atom is -0.378 e. The van der Waals surface area contributed by atoms with Crippen LogP contribution < -0.4 is 0 Å². The summed E-state index contributed by atoms with van der Waals surface area (Å²) in [5, 5.41) is 0. The number of nitrogens with zero attached hydrogens (tertiary/aromatic N) is 1. The van der Waals surface area contributed by atoms with Gasteiger partial charge in [0.15, 0.2) is 11.6 Å². The van der Waals surface area contributed by atoms with Crippen LogP contribution in [0.4, 0.5) is 8.78 Å². The van der Waals surface area contributed by atoms with Gasteiger partial charge in [-0.05, 0) is 37.5 Å².